The number of hydrogen-bond acceptors (Lipinski definition) is 4. The van der Waals surface area contributed by atoms with Crippen LogP contribution in [0.5, 0.6) is 0 Å². The first-order valence-corrected chi connectivity index (χ1v) is 8.32. The fraction of sp³-hybridized carbons (Fsp3) is 0.500. The molecule has 0 atom stereocenters. The van der Waals surface area contributed by atoms with Crippen molar-refractivity contribution in [1.82, 2.24) is 0 Å². The summed E-state index contributed by atoms with van der Waals surface area (Å²) in [5.74, 6) is 2.27. The molecule has 0 spiro atoms. The molecule has 1 aliphatic rings. The first-order chi connectivity index (χ1) is 10.1. The molecule has 1 fully saturated rings. The van der Waals surface area contributed by atoms with E-state index in [1.54, 1.807) is 12.1 Å². The van der Waals surface area contributed by atoms with E-state index in [-0.39, 0.29) is 5.91 Å². The summed E-state index contributed by atoms with van der Waals surface area (Å²) in [6.07, 6.45) is 2.71. The monoisotopic (exact) mass is 307 g/mol. The maximum Gasteiger partial charge on any atom is 0.339 e. The molecule has 2 rings (SSSR count). The van der Waals surface area contributed by atoms with Gasteiger partial charge in [0.2, 0.25) is 5.91 Å². The van der Waals surface area contributed by atoms with Gasteiger partial charge in [-0.3, -0.25) is 4.79 Å². The Morgan fingerprint density at radius 3 is 2.71 bits per heavy atom. The average molecular weight is 307 g/mol. The number of methoxy groups -OCH3 is 1. The van der Waals surface area contributed by atoms with Crippen LogP contribution in [-0.2, 0) is 9.53 Å². The molecule has 4 nitrogen and oxygen atoms in total. The maximum absolute atomic E-state index is 12.2. The lowest BCUT2D eigenvalue weighted by molar-refractivity contribution is -0.117. The second-order valence-electron chi connectivity index (χ2n) is 5.35. The van der Waals surface area contributed by atoms with Gasteiger partial charge in [0.15, 0.2) is 0 Å². The normalized spacial score (nSPS) is 15.5. The Balaban J connectivity index is 2.04. The quantitative estimate of drug-likeness (QED) is 0.868. The lowest BCUT2D eigenvalue weighted by atomic mass is 9.98. The van der Waals surface area contributed by atoms with Crippen molar-refractivity contribution in [3.63, 3.8) is 0 Å². The zero-order valence-corrected chi connectivity index (χ0v) is 13.3. The zero-order valence-electron chi connectivity index (χ0n) is 12.5. The summed E-state index contributed by atoms with van der Waals surface area (Å²) in [7, 11) is 1.34. The topological polar surface area (TPSA) is 55.4 Å². The molecular weight excluding hydrogens is 286 g/mol. The van der Waals surface area contributed by atoms with Gasteiger partial charge < -0.3 is 10.1 Å². The van der Waals surface area contributed by atoms with Crippen molar-refractivity contribution >= 4 is 29.3 Å². The second-order valence-corrected chi connectivity index (χ2v) is 6.57. The Kier molecular flexibility index (Phi) is 5.67. The molecular formula is C16H21NO3S. The molecule has 5 heteroatoms. The van der Waals surface area contributed by atoms with Crippen molar-refractivity contribution < 1.29 is 14.3 Å². The van der Waals surface area contributed by atoms with Crippen molar-refractivity contribution in [2.75, 3.05) is 23.9 Å². The Morgan fingerprint density at radius 1 is 1.33 bits per heavy atom. The van der Waals surface area contributed by atoms with Gasteiger partial charge in [0, 0.05) is 6.42 Å². The van der Waals surface area contributed by atoms with Gasteiger partial charge >= 0.3 is 5.97 Å². The number of amides is 1. The van der Waals surface area contributed by atoms with Gasteiger partial charge in [0.05, 0.1) is 18.4 Å². The van der Waals surface area contributed by atoms with Gasteiger partial charge in [-0.1, -0.05) is 11.6 Å². The standard InChI is InChI=1S/C16H21NO3S/c1-11-3-4-14(13(9-11)16(19)20-2)17-15(18)10-12-5-7-21-8-6-12/h3-4,9,12H,5-8,10H2,1-2H3,(H,17,18). The van der Waals surface area contributed by atoms with E-state index in [4.69, 9.17) is 4.74 Å². The number of carbonyl (C=O) groups is 2. The molecule has 1 aliphatic heterocycles. The molecule has 0 aromatic heterocycles. The Bertz CT molecular complexity index is 524. The van der Waals surface area contributed by atoms with Crippen molar-refractivity contribution in [3.05, 3.63) is 29.3 Å². The van der Waals surface area contributed by atoms with Gasteiger partial charge in [-0.15, -0.1) is 0 Å². The summed E-state index contributed by atoms with van der Waals surface area (Å²) in [6.45, 7) is 1.90. The van der Waals surface area contributed by atoms with E-state index in [1.165, 1.54) is 7.11 Å². The Morgan fingerprint density at radius 2 is 2.05 bits per heavy atom. The van der Waals surface area contributed by atoms with Crippen LogP contribution >= 0.6 is 11.8 Å². The van der Waals surface area contributed by atoms with Crippen LogP contribution in [0.4, 0.5) is 5.69 Å². The minimum absolute atomic E-state index is 0.0269. The number of rotatable bonds is 4. The van der Waals surface area contributed by atoms with E-state index in [0.29, 0.717) is 23.6 Å². The zero-order chi connectivity index (χ0) is 15.2. The van der Waals surface area contributed by atoms with Crippen LogP contribution in [-0.4, -0.2) is 30.5 Å². The minimum atomic E-state index is -0.428. The number of hydrogen-bond donors (Lipinski definition) is 1. The summed E-state index contributed by atoms with van der Waals surface area (Å²) in [5, 5.41) is 2.85. The van der Waals surface area contributed by atoms with E-state index >= 15 is 0 Å². The highest BCUT2D eigenvalue weighted by molar-refractivity contribution is 7.99. The lowest BCUT2D eigenvalue weighted by Crippen LogP contribution is -2.21. The molecule has 1 amide bonds. The van der Waals surface area contributed by atoms with E-state index in [1.807, 2.05) is 24.8 Å². The summed E-state index contributed by atoms with van der Waals surface area (Å²) in [4.78, 5) is 23.9. The van der Waals surface area contributed by atoms with Crippen molar-refractivity contribution in [3.8, 4) is 0 Å². The van der Waals surface area contributed by atoms with Crippen LogP contribution in [0.1, 0.15) is 35.2 Å². The van der Waals surface area contributed by atoms with Gasteiger partial charge in [0.25, 0.3) is 0 Å². The fourth-order valence-electron chi connectivity index (χ4n) is 2.46. The molecule has 1 saturated heterocycles. The van der Waals surface area contributed by atoms with Crippen molar-refractivity contribution in [1.29, 1.82) is 0 Å². The molecule has 1 aromatic rings. The number of anilines is 1. The largest absolute Gasteiger partial charge is 0.465 e. The third kappa shape index (κ3) is 4.49. The average Bonchev–Trinajstić information content (AvgIpc) is 2.49. The summed E-state index contributed by atoms with van der Waals surface area (Å²) in [5.41, 5.74) is 1.89. The van der Waals surface area contributed by atoms with Crippen molar-refractivity contribution in [2.24, 2.45) is 5.92 Å². The number of carbonyl (C=O) groups excluding carboxylic acids is 2. The summed E-state index contributed by atoms with van der Waals surface area (Å²) in [6, 6.07) is 5.37. The molecule has 0 bridgehead atoms. The summed E-state index contributed by atoms with van der Waals surface area (Å²) < 4.78 is 4.77. The van der Waals surface area contributed by atoms with Crippen LogP contribution < -0.4 is 5.32 Å². The highest BCUT2D eigenvalue weighted by Crippen LogP contribution is 2.26. The molecule has 0 radical (unpaired) electrons. The highest BCUT2D eigenvalue weighted by Gasteiger charge is 2.19. The molecule has 114 valence electrons. The predicted octanol–water partition coefficient (Wildman–Crippen LogP) is 3.25. The number of benzene rings is 1. The second kappa shape index (κ2) is 7.50. The van der Waals surface area contributed by atoms with Crippen LogP contribution in [0, 0.1) is 12.8 Å². The maximum atomic E-state index is 12.2. The highest BCUT2D eigenvalue weighted by atomic mass is 32.2. The first kappa shape index (κ1) is 15.9. The van der Waals surface area contributed by atoms with Crippen LogP contribution in [0.15, 0.2) is 18.2 Å². The third-order valence-corrected chi connectivity index (χ3v) is 4.72. The van der Waals surface area contributed by atoms with Crippen LogP contribution in [0.2, 0.25) is 0 Å². The molecule has 1 heterocycles. The number of nitrogens with one attached hydrogen (secondary N) is 1. The number of ether oxygens (including phenoxy) is 1. The predicted molar refractivity (Wildman–Crippen MR) is 85.8 cm³/mol. The third-order valence-electron chi connectivity index (χ3n) is 3.67. The van der Waals surface area contributed by atoms with E-state index in [0.717, 1.165) is 29.9 Å². The van der Waals surface area contributed by atoms with Gasteiger partial charge in [0.1, 0.15) is 0 Å². The first-order valence-electron chi connectivity index (χ1n) is 7.16. The smallest absolute Gasteiger partial charge is 0.339 e. The SMILES string of the molecule is COC(=O)c1cc(C)ccc1NC(=O)CC1CCSCC1. The van der Waals surface area contributed by atoms with Gasteiger partial charge in [-0.25, -0.2) is 4.79 Å². The molecule has 0 saturated carbocycles. The van der Waals surface area contributed by atoms with Gasteiger partial charge in [-0.2, -0.15) is 11.8 Å². The van der Waals surface area contributed by atoms with E-state index in [9.17, 15) is 9.59 Å². The van der Waals surface area contributed by atoms with E-state index in [2.05, 4.69) is 5.32 Å². The van der Waals surface area contributed by atoms with Gasteiger partial charge in [-0.05, 0) is 49.3 Å². The molecule has 0 aliphatic carbocycles. The molecule has 1 N–H and O–H groups in total. The van der Waals surface area contributed by atoms with Crippen molar-refractivity contribution in [2.45, 2.75) is 26.2 Å². The number of aryl methyl sites for hydroxylation is 1. The molecule has 1 aromatic carbocycles. The molecule has 21 heavy (non-hydrogen) atoms. The lowest BCUT2D eigenvalue weighted by Gasteiger charge is -2.21. The minimum Gasteiger partial charge on any atom is -0.465 e. The molecule has 0 unspecified atom stereocenters. The Hall–Kier alpha value is -1.49. The number of esters is 1. The number of thioether (sulfide) groups is 1. The van der Waals surface area contributed by atoms with Crippen LogP contribution in [0.25, 0.3) is 0 Å². The van der Waals surface area contributed by atoms with Crippen LogP contribution in [0.3, 0.4) is 0 Å². The van der Waals surface area contributed by atoms with E-state index < -0.39 is 5.97 Å². The fourth-order valence-corrected chi connectivity index (χ4v) is 3.66. The summed E-state index contributed by atoms with van der Waals surface area (Å²) >= 11 is 1.95. The Labute approximate surface area is 129 Å².